The van der Waals surface area contributed by atoms with Crippen molar-refractivity contribution in [3.63, 3.8) is 0 Å². The van der Waals surface area contributed by atoms with Crippen LogP contribution in [0.15, 0.2) is 42.7 Å². The van der Waals surface area contributed by atoms with Crippen LogP contribution in [0.1, 0.15) is 43.4 Å². The van der Waals surface area contributed by atoms with Gasteiger partial charge in [0.05, 0.1) is 0 Å². The number of aryl methyl sites for hydroxylation is 1. The van der Waals surface area contributed by atoms with Crippen LogP contribution in [0.3, 0.4) is 0 Å². The molecule has 0 saturated carbocycles. The van der Waals surface area contributed by atoms with Crippen LogP contribution in [0.4, 0.5) is 0 Å². The highest BCUT2D eigenvalue weighted by Gasteiger charge is 2.50. The number of rotatable bonds is 7. The highest BCUT2D eigenvalue weighted by Crippen LogP contribution is 2.33. The normalized spacial score (nSPS) is 13.6. The standard InChI is InChI=1S/C19H23N3O5/c1-18(2,3)27-17(24)19(13-22(25)26,14-8-6-5-7-9-14)12-15(23)16-20-10-11-21(16)4/h5-11H,12-13H2,1-4H3. The molecule has 8 heteroatoms. The molecule has 1 heterocycles. The van der Waals surface area contributed by atoms with Crippen LogP contribution in [0.5, 0.6) is 0 Å². The Morgan fingerprint density at radius 3 is 2.33 bits per heavy atom. The van der Waals surface area contributed by atoms with Gasteiger partial charge in [-0.3, -0.25) is 19.7 Å². The third kappa shape index (κ3) is 4.78. The number of aromatic nitrogens is 2. The Morgan fingerprint density at radius 1 is 1.22 bits per heavy atom. The van der Waals surface area contributed by atoms with E-state index in [9.17, 15) is 19.7 Å². The maximum atomic E-state index is 13.1. The molecule has 27 heavy (non-hydrogen) atoms. The second kappa shape index (κ2) is 7.69. The van der Waals surface area contributed by atoms with Crippen LogP contribution in [0.25, 0.3) is 0 Å². The fraction of sp³-hybridized carbons (Fsp3) is 0.421. The van der Waals surface area contributed by atoms with Gasteiger partial charge in [0.2, 0.25) is 6.54 Å². The lowest BCUT2D eigenvalue weighted by Crippen LogP contribution is -2.47. The molecule has 0 aliphatic carbocycles. The average molecular weight is 373 g/mol. The van der Waals surface area contributed by atoms with E-state index in [-0.39, 0.29) is 5.82 Å². The van der Waals surface area contributed by atoms with Crippen molar-refractivity contribution in [1.29, 1.82) is 0 Å². The predicted molar refractivity (Wildman–Crippen MR) is 98.0 cm³/mol. The van der Waals surface area contributed by atoms with Gasteiger partial charge in [-0.1, -0.05) is 30.3 Å². The lowest BCUT2D eigenvalue weighted by Gasteiger charge is -2.31. The monoisotopic (exact) mass is 373 g/mol. The van der Waals surface area contributed by atoms with Crippen molar-refractivity contribution in [3.05, 3.63) is 64.2 Å². The molecule has 0 saturated heterocycles. The molecule has 1 aromatic heterocycles. The summed E-state index contributed by atoms with van der Waals surface area (Å²) < 4.78 is 7.00. The number of benzene rings is 1. The number of nitrogens with zero attached hydrogens (tertiary/aromatic N) is 3. The Hall–Kier alpha value is -3.03. The topological polar surface area (TPSA) is 104 Å². The summed E-state index contributed by atoms with van der Waals surface area (Å²) in [6, 6.07) is 8.26. The Kier molecular flexibility index (Phi) is 5.78. The molecule has 8 nitrogen and oxygen atoms in total. The van der Waals surface area contributed by atoms with Crippen LogP contribution >= 0.6 is 0 Å². The van der Waals surface area contributed by atoms with Gasteiger partial charge >= 0.3 is 5.97 Å². The Morgan fingerprint density at radius 2 is 1.85 bits per heavy atom. The predicted octanol–water partition coefficient (Wildman–Crippen LogP) is 2.55. The third-order valence-corrected chi connectivity index (χ3v) is 4.05. The molecule has 0 fully saturated rings. The van der Waals surface area contributed by atoms with Gasteiger partial charge in [-0.05, 0) is 26.3 Å². The zero-order valence-electron chi connectivity index (χ0n) is 15.8. The van der Waals surface area contributed by atoms with Gasteiger partial charge in [-0.2, -0.15) is 0 Å². The minimum Gasteiger partial charge on any atom is -0.459 e. The first-order chi connectivity index (χ1) is 12.5. The summed E-state index contributed by atoms with van der Waals surface area (Å²) in [4.78, 5) is 40.8. The summed E-state index contributed by atoms with van der Waals surface area (Å²) >= 11 is 0. The summed E-state index contributed by atoms with van der Waals surface area (Å²) in [7, 11) is 1.64. The molecule has 1 unspecified atom stereocenters. The second-order valence-electron chi connectivity index (χ2n) is 7.40. The number of hydrogen-bond donors (Lipinski definition) is 0. The molecule has 1 aromatic carbocycles. The van der Waals surface area contributed by atoms with Gasteiger partial charge in [0.1, 0.15) is 5.60 Å². The van der Waals surface area contributed by atoms with Gasteiger partial charge in [-0.25, -0.2) is 4.98 Å². The Bertz CT molecular complexity index is 839. The molecule has 2 aromatic rings. The molecule has 0 spiro atoms. The first-order valence-corrected chi connectivity index (χ1v) is 8.46. The Labute approximate surface area is 157 Å². The first kappa shape index (κ1) is 20.3. The minimum atomic E-state index is -1.75. The third-order valence-electron chi connectivity index (χ3n) is 4.05. The summed E-state index contributed by atoms with van der Waals surface area (Å²) in [6.07, 6.45) is 2.63. The maximum Gasteiger partial charge on any atom is 0.324 e. The van der Waals surface area contributed by atoms with E-state index in [1.165, 1.54) is 10.8 Å². The van der Waals surface area contributed by atoms with Crippen LogP contribution in [0.2, 0.25) is 0 Å². The molecule has 0 aliphatic heterocycles. The SMILES string of the molecule is Cn1ccnc1C(=O)CC(C[N+](=O)[O-])(C(=O)OC(C)(C)C)c1ccccc1. The number of carbonyl (C=O) groups excluding carboxylic acids is 2. The minimum absolute atomic E-state index is 0.127. The van der Waals surface area contributed by atoms with E-state index < -0.39 is 40.7 Å². The lowest BCUT2D eigenvalue weighted by atomic mass is 9.76. The van der Waals surface area contributed by atoms with E-state index in [0.717, 1.165) is 0 Å². The number of ketones is 1. The zero-order valence-corrected chi connectivity index (χ0v) is 15.8. The number of carbonyl (C=O) groups is 2. The summed E-state index contributed by atoms with van der Waals surface area (Å²) in [5.74, 6) is -1.15. The molecule has 0 amide bonds. The fourth-order valence-electron chi connectivity index (χ4n) is 2.84. The fourth-order valence-corrected chi connectivity index (χ4v) is 2.84. The molecule has 0 radical (unpaired) electrons. The van der Waals surface area contributed by atoms with Crippen LogP contribution in [-0.2, 0) is 22.0 Å². The van der Waals surface area contributed by atoms with E-state index in [2.05, 4.69) is 4.98 Å². The smallest absolute Gasteiger partial charge is 0.324 e. The summed E-state index contributed by atoms with van der Waals surface area (Å²) in [5, 5.41) is 11.5. The molecule has 1 atom stereocenters. The highest BCUT2D eigenvalue weighted by molar-refractivity contribution is 5.98. The van der Waals surface area contributed by atoms with Gasteiger partial charge in [-0.15, -0.1) is 0 Å². The van der Waals surface area contributed by atoms with Crippen molar-refractivity contribution in [2.24, 2.45) is 7.05 Å². The van der Waals surface area contributed by atoms with Crippen molar-refractivity contribution in [1.82, 2.24) is 9.55 Å². The largest absolute Gasteiger partial charge is 0.459 e. The number of hydrogen-bond acceptors (Lipinski definition) is 6. The van der Waals surface area contributed by atoms with Gasteiger partial charge in [0.25, 0.3) is 0 Å². The van der Waals surface area contributed by atoms with Crippen LogP contribution < -0.4 is 0 Å². The van der Waals surface area contributed by atoms with E-state index in [4.69, 9.17) is 4.74 Å². The number of Topliss-reactive ketones (excluding diaryl/α,β-unsaturated/α-hetero) is 1. The average Bonchev–Trinajstić information content (AvgIpc) is 2.99. The maximum absolute atomic E-state index is 13.1. The number of ether oxygens (including phenoxy) is 1. The second-order valence-corrected chi connectivity index (χ2v) is 7.40. The van der Waals surface area contributed by atoms with Gasteiger partial charge in [0, 0.05) is 30.8 Å². The van der Waals surface area contributed by atoms with Crippen molar-refractivity contribution in [2.75, 3.05) is 6.54 Å². The number of imidazole rings is 1. The quantitative estimate of drug-likeness (QED) is 0.320. The molecule has 0 bridgehead atoms. The molecular formula is C19H23N3O5. The lowest BCUT2D eigenvalue weighted by molar-refractivity contribution is -0.488. The van der Waals surface area contributed by atoms with E-state index in [1.807, 2.05) is 0 Å². The van der Waals surface area contributed by atoms with E-state index in [1.54, 1.807) is 64.3 Å². The zero-order chi connectivity index (χ0) is 20.2. The Balaban J connectivity index is 2.56. The van der Waals surface area contributed by atoms with Gasteiger partial charge in [0.15, 0.2) is 17.0 Å². The summed E-state index contributed by atoms with van der Waals surface area (Å²) in [6.45, 7) is 4.26. The molecular weight excluding hydrogens is 350 g/mol. The summed E-state index contributed by atoms with van der Waals surface area (Å²) in [5.41, 5.74) is -2.25. The molecule has 144 valence electrons. The molecule has 2 rings (SSSR count). The van der Waals surface area contributed by atoms with E-state index >= 15 is 0 Å². The van der Waals surface area contributed by atoms with Gasteiger partial charge < -0.3 is 9.30 Å². The first-order valence-electron chi connectivity index (χ1n) is 8.46. The number of nitro groups is 1. The van der Waals surface area contributed by atoms with Crippen molar-refractivity contribution in [3.8, 4) is 0 Å². The number of esters is 1. The van der Waals surface area contributed by atoms with Crippen molar-refractivity contribution >= 4 is 11.8 Å². The molecule has 0 aliphatic rings. The van der Waals surface area contributed by atoms with Crippen LogP contribution in [-0.4, -0.2) is 38.4 Å². The highest BCUT2D eigenvalue weighted by atomic mass is 16.6. The van der Waals surface area contributed by atoms with Crippen LogP contribution in [0, 0.1) is 10.1 Å². The van der Waals surface area contributed by atoms with E-state index in [0.29, 0.717) is 5.56 Å². The van der Waals surface area contributed by atoms with Crippen molar-refractivity contribution < 1.29 is 19.2 Å². The molecule has 0 N–H and O–H groups in total. The van der Waals surface area contributed by atoms with Crippen molar-refractivity contribution in [2.45, 2.75) is 38.2 Å².